The molecule has 0 amide bonds. The fraction of sp³-hybridized carbons (Fsp3) is 0.750. The molecule has 0 bridgehead atoms. The van der Waals surface area contributed by atoms with Crippen LogP contribution in [0.1, 0.15) is 32.6 Å². The molecule has 0 atom stereocenters. The maximum absolute atomic E-state index is 11.3. The Morgan fingerprint density at radius 1 is 1.53 bits per heavy atom. The molecule has 0 aromatic rings. The van der Waals surface area contributed by atoms with Gasteiger partial charge < -0.3 is 5.11 Å². The highest BCUT2D eigenvalue weighted by molar-refractivity contribution is 5.74. The zero-order valence-electron chi connectivity index (χ0n) is 9.33. The number of likely N-dealkylation sites (tertiary alicyclic amines) is 1. The number of carbonyl (C=O) groups is 1. The molecule has 0 aromatic heterocycles. The van der Waals surface area contributed by atoms with Crippen molar-refractivity contribution in [3.8, 4) is 12.3 Å². The van der Waals surface area contributed by atoms with Crippen LogP contribution in [-0.4, -0.2) is 35.6 Å². The Bertz CT molecular complexity index is 259. The number of piperidine rings is 1. The molecule has 0 radical (unpaired) electrons. The molecule has 0 saturated carbocycles. The summed E-state index contributed by atoms with van der Waals surface area (Å²) >= 11 is 0. The lowest BCUT2D eigenvalue weighted by atomic mass is 9.75. The standard InChI is InChI=1S/C12H19NO2/c1-3-5-12(11(14)15)6-9-13(8-4-2)10-7-12/h2H,3,5-10H2,1H3,(H,14,15). The van der Waals surface area contributed by atoms with Crippen molar-refractivity contribution < 1.29 is 9.90 Å². The van der Waals surface area contributed by atoms with Crippen LogP contribution in [0.2, 0.25) is 0 Å². The highest BCUT2D eigenvalue weighted by Gasteiger charge is 2.40. The third-order valence-corrected chi connectivity index (χ3v) is 3.31. The Morgan fingerprint density at radius 2 is 2.13 bits per heavy atom. The van der Waals surface area contributed by atoms with Crippen LogP contribution in [0.4, 0.5) is 0 Å². The van der Waals surface area contributed by atoms with Crippen molar-refractivity contribution in [2.24, 2.45) is 5.41 Å². The smallest absolute Gasteiger partial charge is 0.309 e. The van der Waals surface area contributed by atoms with Crippen LogP contribution in [-0.2, 0) is 4.79 Å². The van der Waals surface area contributed by atoms with E-state index in [0.717, 1.165) is 38.8 Å². The fourth-order valence-electron chi connectivity index (χ4n) is 2.32. The summed E-state index contributed by atoms with van der Waals surface area (Å²) < 4.78 is 0. The lowest BCUT2D eigenvalue weighted by Gasteiger charge is -2.38. The first-order chi connectivity index (χ1) is 7.14. The number of hydrogen-bond acceptors (Lipinski definition) is 2. The van der Waals surface area contributed by atoms with E-state index in [1.807, 2.05) is 6.92 Å². The predicted octanol–water partition coefficient (Wildman–Crippen LogP) is 1.59. The van der Waals surface area contributed by atoms with E-state index in [2.05, 4.69) is 10.8 Å². The van der Waals surface area contributed by atoms with Gasteiger partial charge in [0.2, 0.25) is 0 Å². The van der Waals surface area contributed by atoms with Gasteiger partial charge >= 0.3 is 5.97 Å². The van der Waals surface area contributed by atoms with Gasteiger partial charge in [0.1, 0.15) is 0 Å². The molecule has 84 valence electrons. The second-order valence-electron chi connectivity index (χ2n) is 4.32. The van der Waals surface area contributed by atoms with E-state index >= 15 is 0 Å². The second-order valence-corrected chi connectivity index (χ2v) is 4.32. The third-order valence-electron chi connectivity index (χ3n) is 3.31. The summed E-state index contributed by atoms with van der Waals surface area (Å²) in [5.74, 6) is 1.97. The summed E-state index contributed by atoms with van der Waals surface area (Å²) in [5, 5.41) is 9.28. The van der Waals surface area contributed by atoms with Crippen molar-refractivity contribution in [2.45, 2.75) is 32.6 Å². The molecule has 15 heavy (non-hydrogen) atoms. The Kier molecular flexibility index (Phi) is 4.16. The highest BCUT2D eigenvalue weighted by atomic mass is 16.4. The van der Waals surface area contributed by atoms with E-state index in [1.165, 1.54) is 0 Å². The Balaban J connectivity index is 2.58. The zero-order valence-corrected chi connectivity index (χ0v) is 9.33. The van der Waals surface area contributed by atoms with Crippen LogP contribution in [0.3, 0.4) is 0 Å². The molecule has 1 fully saturated rings. The Labute approximate surface area is 91.5 Å². The number of carboxylic acids is 1. The van der Waals surface area contributed by atoms with Crippen molar-refractivity contribution in [2.75, 3.05) is 19.6 Å². The number of hydrogen-bond donors (Lipinski definition) is 1. The summed E-state index contributed by atoms with van der Waals surface area (Å²) in [7, 11) is 0. The van der Waals surface area contributed by atoms with E-state index in [4.69, 9.17) is 6.42 Å². The topological polar surface area (TPSA) is 40.5 Å². The van der Waals surface area contributed by atoms with Gasteiger partial charge in [-0.3, -0.25) is 9.69 Å². The van der Waals surface area contributed by atoms with E-state index < -0.39 is 11.4 Å². The normalized spacial score (nSPS) is 20.8. The van der Waals surface area contributed by atoms with Gasteiger partial charge in [0.15, 0.2) is 0 Å². The predicted molar refractivity (Wildman–Crippen MR) is 59.5 cm³/mol. The van der Waals surface area contributed by atoms with Crippen LogP contribution < -0.4 is 0 Å². The minimum absolute atomic E-state index is 0.486. The van der Waals surface area contributed by atoms with Gasteiger partial charge in [-0.2, -0.15) is 0 Å². The summed E-state index contributed by atoms with van der Waals surface area (Å²) in [5.41, 5.74) is -0.486. The molecule has 1 heterocycles. The quantitative estimate of drug-likeness (QED) is 0.715. The number of carboxylic acid groups (broad SMARTS) is 1. The maximum atomic E-state index is 11.3. The van der Waals surface area contributed by atoms with Gasteiger partial charge in [-0.15, -0.1) is 6.42 Å². The third kappa shape index (κ3) is 2.73. The van der Waals surface area contributed by atoms with E-state index in [9.17, 15) is 9.90 Å². The van der Waals surface area contributed by atoms with Gasteiger partial charge in [-0.1, -0.05) is 19.3 Å². The lowest BCUT2D eigenvalue weighted by Crippen LogP contribution is -2.44. The Hall–Kier alpha value is -1.01. The average Bonchev–Trinajstić information content (AvgIpc) is 2.21. The Morgan fingerprint density at radius 3 is 2.53 bits per heavy atom. The maximum Gasteiger partial charge on any atom is 0.309 e. The minimum Gasteiger partial charge on any atom is -0.481 e. The second kappa shape index (κ2) is 5.18. The fourth-order valence-corrected chi connectivity index (χ4v) is 2.32. The molecule has 0 aromatic carbocycles. The van der Waals surface area contributed by atoms with E-state index in [0.29, 0.717) is 6.54 Å². The molecular weight excluding hydrogens is 190 g/mol. The molecule has 1 saturated heterocycles. The summed E-state index contributed by atoms with van der Waals surface area (Å²) in [6, 6.07) is 0. The first-order valence-electron chi connectivity index (χ1n) is 5.54. The SMILES string of the molecule is C#CCN1CCC(CCC)(C(=O)O)CC1. The van der Waals surface area contributed by atoms with Crippen molar-refractivity contribution in [3.05, 3.63) is 0 Å². The van der Waals surface area contributed by atoms with Crippen LogP contribution >= 0.6 is 0 Å². The monoisotopic (exact) mass is 209 g/mol. The molecule has 1 N–H and O–H groups in total. The molecule has 1 rings (SSSR count). The molecule has 3 heteroatoms. The first kappa shape index (κ1) is 12.1. The van der Waals surface area contributed by atoms with Crippen molar-refractivity contribution >= 4 is 5.97 Å². The van der Waals surface area contributed by atoms with Crippen LogP contribution in [0, 0.1) is 17.8 Å². The number of nitrogens with zero attached hydrogens (tertiary/aromatic N) is 1. The first-order valence-corrected chi connectivity index (χ1v) is 5.54. The largest absolute Gasteiger partial charge is 0.481 e. The number of aliphatic carboxylic acids is 1. The highest BCUT2D eigenvalue weighted by Crippen LogP contribution is 2.36. The zero-order chi connectivity index (χ0) is 11.3. The van der Waals surface area contributed by atoms with Gasteiger partial charge in [0.25, 0.3) is 0 Å². The molecule has 1 aliphatic heterocycles. The van der Waals surface area contributed by atoms with Crippen LogP contribution in [0.5, 0.6) is 0 Å². The van der Waals surface area contributed by atoms with Crippen molar-refractivity contribution in [3.63, 3.8) is 0 Å². The van der Waals surface area contributed by atoms with Gasteiger partial charge in [-0.25, -0.2) is 0 Å². The summed E-state index contributed by atoms with van der Waals surface area (Å²) in [6.45, 7) is 4.31. The number of rotatable bonds is 4. The number of terminal acetylenes is 1. The van der Waals surface area contributed by atoms with Crippen molar-refractivity contribution in [1.82, 2.24) is 4.90 Å². The molecule has 0 aliphatic carbocycles. The van der Waals surface area contributed by atoms with E-state index in [-0.39, 0.29) is 0 Å². The van der Waals surface area contributed by atoms with Crippen LogP contribution in [0.15, 0.2) is 0 Å². The van der Waals surface area contributed by atoms with Gasteiger partial charge in [0.05, 0.1) is 12.0 Å². The average molecular weight is 209 g/mol. The molecule has 3 nitrogen and oxygen atoms in total. The lowest BCUT2D eigenvalue weighted by molar-refractivity contribution is -0.152. The summed E-state index contributed by atoms with van der Waals surface area (Å²) in [6.07, 6.45) is 8.42. The molecule has 0 spiro atoms. The minimum atomic E-state index is -0.635. The molecule has 0 unspecified atom stereocenters. The van der Waals surface area contributed by atoms with E-state index in [1.54, 1.807) is 0 Å². The van der Waals surface area contributed by atoms with Crippen LogP contribution in [0.25, 0.3) is 0 Å². The molecular formula is C12H19NO2. The van der Waals surface area contributed by atoms with Gasteiger partial charge in [-0.05, 0) is 19.3 Å². The van der Waals surface area contributed by atoms with Gasteiger partial charge in [0, 0.05) is 13.1 Å². The summed E-state index contributed by atoms with van der Waals surface area (Å²) in [4.78, 5) is 13.4. The molecule has 1 aliphatic rings. The van der Waals surface area contributed by atoms with Crippen molar-refractivity contribution in [1.29, 1.82) is 0 Å².